The van der Waals surface area contributed by atoms with Crippen LogP contribution in [0.5, 0.6) is 0 Å². The summed E-state index contributed by atoms with van der Waals surface area (Å²) in [6.07, 6.45) is 6.04. The lowest BCUT2D eigenvalue weighted by atomic mass is 9.79. The average molecular weight is 326 g/mol. The van der Waals surface area contributed by atoms with E-state index in [0.29, 0.717) is 29.5 Å². The molecule has 0 saturated carbocycles. The topological polar surface area (TPSA) is 41.1 Å². The van der Waals surface area contributed by atoms with Crippen LogP contribution in [-0.2, 0) is 0 Å². The number of hydrogen-bond acceptors (Lipinski definition) is 4. The number of halogens is 1. The fraction of sp³-hybridized carbons (Fsp3) is 0.474. The first-order chi connectivity index (χ1) is 11.6. The van der Waals surface area contributed by atoms with Gasteiger partial charge >= 0.3 is 0 Å². The Morgan fingerprint density at radius 2 is 1.83 bits per heavy atom. The molecule has 0 spiro atoms. The maximum Gasteiger partial charge on any atom is 0.222 e. The van der Waals surface area contributed by atoms with Crippen LogP contribution >= 0.6 is 0 Å². The molecule has 0 unspecified atom stereocenters. The summed E-state index contributed by atoms with van der Waals surface area (Å²) in [5, 5.41) is 3.52. The Kier molecular flexibility index (Phi) is 3.96. The molecule has 1 aromatic heterocycles. The molecule has 4 nitrogen and oxygen atoms in total. The molecule has 3 aliphatic heterocycles. The molecule has 2 atom stereocenters. The number of hydrogen-bond donors (Lipinski definition) is 1. The summed E-state index contributed by atoms with van der Waals surface area (Å²) >= 11 is 0. The van der Waals surface area contributed by atoms with Gasteiger partial charge in [0, 0.05) is 30.0 Å². The van der Waals surface area contributed by atoms with E-state index in [1.54, 1.807) is 25.4 Å². The van der Waals surface area contributed by atoms with Crippen molar-refractivity contribution in [3.05, 3.63) is 42.0 Å². The Morgan fingerprint density at radius 1 is 1.12 bits per heavy atom. The smallest absolute Gasteiger partial charge is 0.222 e. The van der Waals surface area contributed by atoms with Gasteiger partial charge in [-0.1, -0.05) is 12.1 Å². The summed E-state index contributed by atoms with van der Waals surface area (Å²) in [6.45, 7) is 6.47. The van der Waals surface area contributed by atoms with Gasteiger partial charge < -0.3 is 5.32 Å². The number of piperidine rings is 3. The highest BCUT2D eigenvalue weighted by Gasteiger charge is 2.39. The highest BCUT2D eigenvalue weighted by atomic mass is 19.1. The van der Waals surface area contributed by atoms with Crippen LogP contribution in [0.15, 0.2) is 30.6 Å². The zero-order valence-corrected chi connectivity index (χ0v) is 14.2. The van der Waals surface area contributed by atoms with E-state index in [4.69, 9.17) is 0 Å². The zero-order valence-electron chi connectivity index (χ0n) is 14.2. The minimum atomic E-state index is -0.198. The monoisotopic (exact) mass is 326 g/mol. The van der Waals surface area contributed by atoms with Crippen LogP contribution in [0, 0.1) is 18.7 Å². The molecule has 4 heterocycles. The Balaban J connectivity index is 1.50. The number of nitrogens with one attached hydrogen (secondary N) is 1. The van der Waals surface area contributed by atoms with E-state index in [1.807, 2.05) is 6.07 Å². The Bertz CT molecular complexity index is 721. The van der Waals surface area contributed by atoms with Crippen molar-refractivity contribution in [1.29, 1.82) is 0 Å². The van der Waals surface area contributed by atoms with Crippen LogP contribution in [0.2, 0.25) is 0 Å². The van der Waals surface area contributed by atoms with Gasteiger partial charge in [0.1, 0.15) is 5.82 Å². The van der Waals surface area contributed by atoms with E-state index in [1.165, 1.54) is 32.0 Å². The van der Waals surface area contributed by atoms with E-state index in [2.05, 4.69) is 27.1 Å². The molecule has 0 amide bonds. The fourth-order valence-corrected chi connectivity index (χ4v) is 4.02. The van der Waals surface area contributed by atoms with Crippen LogP contribution in [0.3, 0.4) is 0 Å². The van der Waals surface area contributed by atoms with Crippen molar-refractivity contribution in [3.8, 4) is 11.1 Å². The Labute approximate surface area is 142 Å². The van der Waals surface area contributed by atoms with Gasteiger partial charge in [-0.15, -0.1) is 0 Å². The van der Waals surface area contributed by atoms with Crippen molar-refractivity contribution in [2.75, 3.05) is 18.4 Å². The van der Waals surface area contributed by atoms with Gasteiger partial charge in [-0.3, -0.25) is 4.90 Å². The minimum absolute atomic E-state index is 0.198. The normalized spacial score (nSPS) is 28.8. The van der Waals surface area contributed by atoms with Crippen molar-refractivity contribution < 1.29 is 4.39 Å². The lowest BCUT2D eigenvalue weighted by molar-refractivity contribution is 0.0455. The van der Waals surface area contributed by atoms with Gasteiger partial charge in [0.2, 0.25) is 5.95 Å². The standard InChI is InChI=1S/C19H23FN4/c1-12-3-4-15(9-17(12)20)16-10-21-19(22-11-16)23-18-13(2)24-7-5-14(18)6-8-24/h3-4,9-11,13-14,18H,5-8H2,1-2H3,(H,21,22,23)/t13-,18-/m1/s1. The van der Waals surface area contributed by atoms with Crippen LogP contribution in [-0.4, -0.2) is 40.0 Å². The molecule has 3 saturated heterocycles. The third-order valence-corrected chi connectivity index (χ3v) is 5.63. The van der Waals surface area contributed by atoms with Gasteiger partial charge in [-0.25, -0.2) is 14.4 Å². The SMILES string of the molecule is Cc1ccc(-c2cnc(N[C@H]3C4CCN(CC4)[C@@H]3C)nc2)cc1F. The van der Waals surface area contributed by atoms with Crippen LogP contribution in [0.4, 0.5) is 10.3 Å². The molecule has 126 valence electrons. The molecule has 3 aliphatic rings. The third kappa shape index (κ3) is 2.77. The quantitative estimate of drug-likeness (QED) is 0.937. The number of aromatic nitrogens is 2. The molecule has 2 aromatic rings. The third-order valence-electron chi connectivity index (χ3n) is 5.63. The van der Waals surface area contributed by atoms with Crippen molar-refractivity contribution in [3.63, 3.8) is 0 Å². The second-order valence-corrected chi connectivity index (χ2v) is 7.04. The highest BCUT2D eigenvalue weighted by molar-refractivity contribution is 5.62. The summed E-state index contributed by atoms with van der Waals surface area (Å²) in [6, 6.07) is 6.16. The maximum absolute atomic E-state index is 13.7. The van der Waals surface area contributed by atoms with E-state index in [9.17, 15) is 4.39 Å². The largest absolute Gasteiger partial charge is 0.350 e. The molecule has 5 rings (SSSR count). The second kappa shape index (κ2) is 6.13. The first-order valence-corrected chi connectivity index (χ1v) is 8.71. The molecular formula is C19H23FN4. The Hall–Kier alpha value is -2.01. The predicted octanol–water partition coefficient (Wildman–Crippen LogP) is 3.49. The van der Waals surface area contributed by atoms with Gasteiger partial charge in [-0.05, 0) is 62.9 Å². The predicted molar refractivity (Wildman–Crippen MR) is 93.3 cm³/mol. The number of benzene rings is 1. The highest BCUT2D eigenvalue weighted by Crippen LogP contribution is 2.33. The van der Waals surface area contributed by atoms with E-state index in [0.717, 1.165) is 11.1 Å². The maximum atomic E-state index is 13.7. The lowest BCUT2D eigenvalue weighted by Crippen LogP contribution is -2.59. The number of aryl methyl sites for hydroxylation is 1. The summed E-state index contributed by atoms with van der Waals surface area (Å²) in [4.78, 5) is 11.5. The second-order valence-electron chi connectivity index (χ2n) is 7.04. The van der Waals surface area contributed by atoms with Gasteiger partial charge in [0.05, 0.1) is 0 Å². The summed E-state index contributed by atoms with van der Waals surface area (Å²) < 4.78 is 13.7. The van der Waals surface area contributed by atoms with Gasteiger partial charge in [-0.2, -0.15) is 0 Å². The van der Waals surface area contributed by atoms with Crippen molar-refractivity contribution in [2.45, 2.75) is 38.8 Å². The molecule has 1 N–H and O–H groups in total. The number of rotatable bonds is 3. The molecular weight excluding hydrogens is 303 g/mol. The molecule has 1 aromatic carbocycles. The minimum Gasteiger partial charge on any atom is -0.350 e. The summed E-state index contributed by atoms with van der Waals surface area (Å²) in [7, 11) is 0. The molecule has 5 heteroatoms. The molecule has 0 aliphatic carbocycles. The fourth-order valence-electron chi connectivity index (χ4n) is 4.02. The molecule has 24 heavy (non-hydrogen) atoms. The average Bonchev–Trinajstić information content (AvgIpc) is 2.61. The first kappa shape index (κ1) is 15.5. The molecule has 2 bridgehead atoms. The first-order valence-electron chi connectivity index (χ1n) is 8.71. The summed E-state index contributed by atoms with van der Waals surface area (Å²) in [5.74, 6) is 1.17. The van der Waals surface area contributed by atoms with Crippen molar-refractivity contribution >= 4 is 5.95 Å². The van der Waals surface area contributed by atoms with Crippen LogP contribution in [0.1, 0.15) is 25.3 Å². The van der Waals surface area contributed by atoms with Crippen molar-refractivity contribution in [2.24, 2.45) is 5.92 Å². The summed E-state index contributed by atoms with van der Waals surface area (Å²) in [5.41, 5.74) is 2.29. The zero-order chi connectivity index (χ0) is 16.7. The lowest BCUT2D eigenvalue weighted by Gasteiger charge is -2.49. The van der Waals surface area contributed by atoms with E-state index >= 15 is 0 Å². The Morgan fingerprint density at radius 3 is 2.46 bits per heavy atom. The molecule has 0 radical (unpaired) electrons. The number of anilines is 1. The van der Waals surface area contributed by atoms with E-state index < -0.39 is 0 Å². The van der Waals surface area contributed by atoms with Gasteiger partial charge in [0.15, 0.2) is 0 Å². The molecule has 3 fully saturated rings. The van der Waals surface area contributed by atoms with Crippen molar-refractivity contribution in [1.82, 2.24) is 14.9 Å². The van der Waals surface area contributed by atoms with E-state index in [-0.39, 0.29) is 5.82 Å². The van der Waals surface area contributed by atoms with Crippen LogP contribution < -0.4 is 5.32 Å². The van der Waals surface area contributed by atoms with Gasteiger partial charge in [0.25, 0.3) is 0 Å². The number of nitrogens with zero attached hydrogens (tertiary/aromatic N) is 3. The number of fused-ring (bicyclic) bond motifs is 3. The van der Waals surface area contributed by atoms with Crippen LogP contribution in [0.25, 0.3) is 11.1 Å².